The molecule has 0 radical (unpaired) electrons. The van der Waals surface area contributed by atoms with Crippen molar-refractivity contribution in [3.63, 3.8) is 0 Å². The molecule has 0 aromatic carbocycles. The van der Waals surface area contributed by atoms with Crippen LogP contribution in [0, 0.1) is 11.8 Å². The first-order valence-corrected chi connectivity index (χ1v) is 4.83. The molecule has 0 spiro atoms. The molecule has 0 rings (SSSR count). The molecule has 0 aliphatic rings. The van der Waals surface area contributed by atoms with Gasteiger partial charge in [-0.25, -0.2) is 8.78 Å². The molecule has 80 valence electrons. The normalized spacial score (nSPS) is 15.5. The number of alkyl halides is 2. The second kappa shape index (κ2) is 4.89. The quantitative estimate of drug-likeness (QED) is 0.713. The molecule has 1 atom stereocenters. The van der Waals surface area contributed by atoms with Crippen LogP contribution in [-0.4, -0.2) is 17.1 Å². The largest absolute Gasteiger partial charge is 0.393 e. The highest BCUT2D eigenvalue weighted by molar-refractivity contribution is 4.73. The zero-order valence-electron chi connectivity index (χ0n) is 8.85. The average molecular weight is 194 g/mol. The Morgan fingerprint density at radius 1 is 1.15 bits per heavy atom. The van der Waals surface area contributed by atoms with E-state index in [1.807, 2.05) is 13.8 Å². The molecule has 0 saturated carbocycles. The molecule has 0 aromatic rings. The third-order valence-corrected chi connectivity index (χ3v) is 2.39. The standard InChI is InChI=1S/C10H20F2O/c1-7(2)9(13)5-6-10(11,12)8(3)4/h7-9,13H,5-6H2,1-4H3. The van der Waals surface area contributed by atoms with Crippen LogP contribution in [0.3, 0.4) is 0 Å². The van der Waals surface area contributed by atoms with Crippen molar-refractivity contribution in [2.45, 2.75) is 52.6 Å². The van der Waals surface area contributed by atoms with E-state index < -0.39 is 17.9 Å². The summed E-state index contributed by atoms with van der Waals surface area (Å²) in [4.78, 5) is 0. The minimum absolute atomic E-state index is 0.0583. The SMILES string of the molecule is CC(C)C(O)CCC(F)(F)C(C)C. The van der Waals surface area contributed by atoms with E-state index in [-0.39, 0.29) is 18.8 Å². The Labute approximate surface area is 79.1 Å². The molecule has 0 bridgehead atoms. The smallest absolute Gasteiger partial charge is 0.250 e. The van der Waals surface area contributed by atoms with Crippen LogP contribution < -0.4 is 0 Å². The minimum atomic E-state index is -2.64. The lowest BCUT2D eigenvalue weighted by Gasteiger charge is -2.22. The van der Waals surface area contributed by atoms with E-state index in [1.165, 1.54) is 13.8 Å². The Morgan fingerprint density at radius 3 is 1.92 bits per heavy atom. The molecular weight excluding hydrogens is 174 g/mol. The summed E-state index contributed by atoms with van der Waals surface area (Å²) in [5.74, 6) is -3.23. The summed E-state index contributed by atoms with van der Waals surface area (Å²) < 4.78 is 26.1. The second-order valence-corrected chi connectivity index (χ2v) is 4.27. The lowest BCUT2D eigenvalue weighted by molar-refractivity contribution is -0.0639. The van der Waals surface area contributed by atoms with Gasteiger partial charge in [0.1, 0.15) is 0 Å². The summed E-state index contributed by atoms with van der Waals surface area (Å²) >= 11 is 0. The zero-order chi connectivity index (χ0) is 10.6. The van der Waals surface area contributed by atoms with E-state index in [9.17, 15) is 13.9 Å². The maximum Gasteiger partial charge on any atom is 0.250 e. The lowest BCUT2D eigenvalue weighted by Crippen LogP contribution is -2.27. The molecular formula is C10H20F2O. The summed E-state index contributed by atoms with van der Waals surface area (Å²) in [7, 11) is 0. The summed E-state index contributed by atoms with van der Waals surface area (Å²) in [5, 5.41) is 9.34. The molecule has 1 unspecified atom stereocenters. The van der Waals surface area contributed by atoms with Gasteiger partial charge in [-0.05, 0) is 12.3 Å². The Kier molecular flexibility index (Phi) is 4.82. The van der Waals surface area contributed by atoms with E-state index in [0.717, 1.165) is 0 Å². The summed E-state index contributed by atoms with van der Waals surface area (Å²) in [6.07, 6.45) is -0.642. The van der Waals surface area contributed by atoms with Crippen molar-refractivity contribution in [1.82, 2.24) is 0 Å². The molecule has 1 N–H and O–H groups in total. The maximum absolute atomic E-state index is 13.1. The van der Waals surface area contributed by atoms with E-state index in [2.05, 4.69) is 0 Å². The van der Waals surface area contributed by atoms with Gasteiger partial charge in [-0.1, -0.05) is 27.7 Å². The Bertz CT molecular complexity index is 144. The highest BCUT2D eigenvalue weighted by atomic mass is 19.3. The predicted molar refractivity (Wildman–Crippen MR) is 49.9 cm³/mol. The van der Waals surface area contributed by atoms with Crippen molar-refractivity contribution in [2.75, 3.05) is 0 Å². The monoisotopic (exact) mass is 194 g/mol. The van der Waals surface area contributed by atoms with Crippen LogP contribution in [0.2, 0.25) is 0 Å². The van der Waals surface area contributed by atoms with E-state index in [0.29, 0.717) is 0 Å². The first kappa shape index (κ1) is 12.8. The van der Waals surface area contributed by atoms with Crippen LogP contribution in [0.25, 0.3) is 0 Å². The first-order chi connectivity index (χ1) is 5.77. The third-order valence-electron chi connectivity index (χ3n) is 2.39. The van der Waals surface area contributed by atoms with Crippen molar-refractivity contribution >= 4 is 0 Å². The molecule has 0 saturated heterocycles. The van der Waals surface area contributed by atoms with Gasteiger partial charge in [0.05, 0.1) is 6.10 Å². The van der Waals surface area contributed by atoms with Crippen molar-refractivity contribution in [3.8, 4) is 0 Å². The molecule has 3 heteroatoms. The number of hydrogen-bond acceptors (Lipinski definition) is 1. The minimum Gasteiger partial charge on any atom is -0.393 e. The van der Waals surface area contributed by atoms with Crippen LogP contribution in [0.15, 0.2) is 0 Å². The Hall–Kier alpha value is -0.180. The summed E-state index contributed by atoms with van der Waals surface area (Å²) in [5.41, 5.74) is 0. The van der Waals surface area contributed by atoms with Gasteiger partial charge in [-0.3, -0.25) is 0 Å². The topological polar surface area (TPSA) is 20.2 Å². The van der Waals surface area contributed by atoms with Gasteiger partial charge in [-0.2, -0.15) is 0 Å². The molecule has 0 heterocycles. The highest BCUT2D eigenvalue weighted by Gasteiger charge is 2.33. The second-order valence-electron chi connectivity index (χ2n) is 4.27. The van der Waals surface area contributed by atoms with Crippen molar-refractivity contribution in [2.24, 2.45) is 11.8 Å². The Morgan fingerprint density at radius 2 is 1.62 bits per heavy atom. The van der Waals surface area contributed by atoms with Crippen molar-refractivity contribution < 1.29 is 13.9 Å². The van der Waals surface area contributed by atoms with Gasteiger partial charge < -0.3 is 5.11 Å². The van der Waals surface area contributed by atoms with Crippen LogP contribution in [-0.2, 0) is 0 Å². The van der Waals surface area contributed by atoms with Gasteiger partial charge in [0, 0.05) is 12.3 Å². The van der Waals surface area contributed by atoms with Crippen LogP contribution in [0.1, 0.15) is 40.5 Å². The molecule has 0 fully saturated rings. The fourth-order valence-corrected chi connectivity index (χ4v) is 0.962. The van der Waals surface area contributed by atoms with E-state index in [1.54, 1.807) is 0 Å². The van der Waals surface area contributed by atoms with Crippen LogP contribution in [0.4, 0.5) is 8.78 Å². The fourth-order valence-electron chi connectivity index (χ4n) is 0.962. The summed E-state index contributed by atoms with van der Waals surface area (Å²) in [6, 6.07) is 0. The van der Waals surface area contributed by atoms with Crippen molar-refractivity contribution in [1.29, 1.82) is 0 Å². The maximum atomic E-state index is 13.1. The average Bonchev–Trinajstić information content (AvgIpc) is 1.99. The molecule has 0 aromatic heterocycles. The van der Waals surface area contributed by atoms with Gasteiger partial charge in [0.15, 0.2) is 0 Å². The number of hydrogen-bond donors (Lipinski definition) is 1. The zero-order valence-corrected chi connectivity index (χ0v) is 8.85. The predicted octanol–water partition coefficient (Wildman–Crippen LogP) is 3.07. The van der Waals surface area contributed by atoms with E-state index >= 15 is 0 Å². The van der Waals surface area contributed by atoms with Gasteiger partial charge >= 0.3 is 0 Å². The molecule has 0 amide bonds. The summed E-state index contributed by atoms with van der Waals surface area (Å²) in [6.45, 7) is 6.67. The molecule has 0 aliphatic heterocycles. The van der Waals surface area contributed by atoms with E-state index in [4.69, 9.17) is 0 Å². The van der Waals surface area contributed by atoms with Gasteiger partial charge in [-0.15, -0.1) is 0 Å². The van der Waals surface area contributed by atoms with Crippen LogP contribution >= 0.6 is 0 Å². The lowest BCUT2D eigenvalue weighted by atomic mass is 9.95. The van der Waals surface area contributed by atoms with Crippen molar-refractivity contribution in [3.05, 3.63) is 0 Å². The number of rotatable bonds is 5. The van der Waals surface area contributed by atoms with Crippen LogP contribution in [0.5, 0.6) is 0 Å². The number of halogens is 2. The number of aliphatic hydroxyl groups is 1. The molecule has 13 heavy (non-hydrogen) atoms. The fraction of sp³-hybridized carbons (Fsp3) is 1.00. The van der Waals surface area contributed by atoms with Gasteiger partial charge in [0.2, 0.25) is 0 Å². The first-order valence-electron chi connectivity index (χ1n) is 4.83. The van der Waals surface area contributed by atoms with Gasteiger partial charge in [0.25, 0.3) is 5.92 Å². The highest BCUT2D eigenvalue weighted by Crippen LogP contribution is 2.30. The Balaban J connectivity index is 3.88. The third kappa shape index (κ3) is 4.55. The molecule has 1 nitrogen and oxygen atoms in total. The molecule has 0 aliphatic carbocycles. The number of aliphatic hydroxyl groups excluding tert-OH is 1.